The van der Waals surface area contributed by atoms with Crippen LogP contribution in [-0.4, -0.2) is 0 Å². The van der Waals surface area contributed by atoms with Gasteiger partial charge in [0.05, 0.1) is 0 Å². The van der Waals surface area contributed by atoms with E-state index in [0.717, 1.165) is 5.69 Å². The highest BCUT2D eigenvalue weighted by Crippen LogP contribution is 2.33. The Morgan fingerprint density at radius 1 is 0.842 bits per heavy atom. The van der Waals surface area contributed by atoms with Crippen molar-refractivity contribution in [1.29, 1.82) is 0 Å². The lowest BCUT2D eigenvalue weighted by molar-refractivity contribution is 0.897. The average Bonchev–Trinajstić information content (AvgIpc) is 2.30. The minimum absolute atomic E-state index is 0.334. The molecule has 0 saturated heterocycles. The Labute approximate surface area is 116 Å². The zero-order valence-corrected chi connectivity index (χ0v) is 12.5. The summed E-state index contributed by atoms with van der Waals surface area (Å²) >= 11 is 0. The van der Waals surface area contributed by atoms with Crippen molar-refractivity contribution in [2.24, 2.45) is 0 Å². The summed E-state index contributed by atoms with van der Waals surface area (Å²) in [5, 5.41) is 0. The first-order valence-electron chi connectivity index (χ1n) is 6.84. The molecule has 0 radical (unpaired) electrons. The summed E-state index contributed by atoms with van der Waals surface area (Å²) in [7, 11) is 0. The largest absolute Gasteiger partial charge is 0.398 e. The van der Waals surface area contributed by atoms with E-state index in [9.17, 15) is 0 Å². The highest BCUT2D eigenvalue weighted by Gasteiger charge is 2.16. The van der Waals surface area contributed by atoms with Crippen LogP contribution in [0.25, 0.3) is 0 Å². The second kappa shape index (κ2) is 5.08. The molecule has 2 N–H and O–H groups in total. The molecule has 0 spiro atoms. The van der Waals surface area contributed by atoms with E-state index < -0.39 is 0 Å². The zero-order chi connectivity index (χ0) is 14.2. The van der Waals surface area contributed by atoms with Gasteiger partial charge in [0.25, 0.3) is 0 Å². The number of aryl methyl sites for hydroxylation is 4. The molecule has 19 heavy (non-hydrogen) atoms. The molecule has 0 aliphatic heterocycles. The van der Waals surface area contributed by atoms with E-state index in [1.807, 2.05) is 6.07 Å². The molecule has 2 rings (SSSR count). The number of benzene rings is 2. The van der Waals surface area contributed by atoms with Gasteiger partial charge in [-0.2, -0.15) is 0 Å². The van der Waals surface area contributed by atoms with Crippen molar-refractivity contribution in [1.82, 2.24) is 0 Å². The number of anilines is 1. The maximum Gasteiger partial charge on any atom is 0.0352 e. The summed E-state index contributed by atoms with van der Waals surface area (Å²) in [6.45, 7) is 10.9. The molecule has 2 aromatic carbocycles. The minimum Gasteiger partial charge on any atom is -0.398 e. The smallest absolute Gasteiger partial charge is 0.0352 e. The van der Waals surface area contributed by atoms with Crippen LogP contribution in [0.5, 0.6) is 0 Å². The van der Waals surface area contributed by atoms with E-state index >= 15 is 0 Å². The summed E-state index contributed by atoms with van der Waals surface area (Å²) in [5.41, 5.74) is 15.0. The lowest BCUT2D eigenvalue weighted by atomic mass is 9.85. The molecule has 0 aliphatic rings. The van der Waals surface area contributed by atoms with Crippen LogP contribution in [0, 0.1) is 27.7 Å². The van der Waals surface area contributed by atoms with Crippen molar-refractivity contribution in [3.05, 3.63) is 63.7 Å². The molecule has 0 saturated carbocycles. The number of nitrogens with two attached hydrogens (primary N) is 1. The summed E-state index contributed by atoms with van der Waals surface area (Å²) in [4.78, 5) is 0. The Morgan fingerprint density at radius 2 is 1.42 bits per heavy atom. The molecule has 0 heterocycles. The van der Waals surface area contributed by atoms with Crippen molar-refractivity contribution in [2.75, 3.05) is 5.73 Å². The molecule has 2 aromatic rings. The fourth-order valence-corrected chi connectivity index (χ4v) is 3.10. The Balaban J connectivity index is 2.56. The zero-order valence-electron chi connectivity index (χ0n) is 12.5. The molecule has 0 unspecified atom stereocenters. The third-order valence-electron chi connectivity index (χ3n) is 3.88. The molecule has 100 valence electrons. The first kappa shape index (κ1) is 13.7. The SMILES string of the molecule is Cc1cc(C)c([C@@H](C)c2cc(C)ccc2N)c(C)c1. The van der Waals surface area contributed by atoms with Crippen molar-refractivity contribution in [2.45, 2.75) is 40.5 Å². The summed E-state index contributed by atoms with van der Waals surface area (Å²) in [6.07, 6.45) is 0. The molecule has 0 aliphatic carbocycles. The fourth-order valence-electron chi connectivity index (χ4n) is 3.10. The predicted molar refractivity (Wildman–Crippen MR) is 83.8 cm³/mol. The first-order valence-corrected chi connectivity index (χ1v) is 6.84. The summed E-state index contributed by atoms with van der Waals surface area (Å²) in [5.74, 6) is 0.334. The Morgan fingerprint density at radius 3 is 2.00 bits per heavy atom. The van der Waals surface area contributed by atoms with Crippen LogP contribution in [-0.2, 0) is 0 Å². The topological polar surface area (TPSA) is 26.0 Å². The number of hydrogen-bond acceptors (Lipinski definition) is 1. The fraction of sp³-hybridized carbons (Fsp3) is 0.333. The predicted octanol–water partition coefficient (Wildman–Crippen LogP) is 4.65. The van der Waals surface area contributed by atoms with E-state index in [-0.39, 0.29) is 0 Å². The van der Waals surface area contributed by atoms with Gasteiger partial charge < -0.3 is 5.73 Å². The van der Waals surface area contributed by atoms with Gasteiger partial charge in [-0.05, 0) is 56.0 Å². The average molecular weight is 253 g/mol. The van der Waals surface area contributed by atoms with E-state index in [4.69, 9.17) is 5.73 Å². The highest BCUT2D eigenvalue weighted by molar-refractivity contribution is 5.55. The van der Waals surface area contributed by atoms with Crippen molar-refractivity contribution >= 4 is 5.69 Å². The number of hydrogen-bond donors (Lipinski definition) is 1. The van der Waals surface area contributed by atoms with Crippen LogP contribution in [0.15, 0.2) is 30.3 Å². The molecule has 0 bridgehead atoms. The Bertz CT molecular complexity index is 588. The minimum atomic E-state index is 0.334. The van der Waals surface area contributed by atoms with Gasteiger partial charge in [0.15, 0.2) is 0 Å². The molecule has 1 nitrogen and oxygen atoms in total. The van der Waals surface area contributed by atoms with E-state index in [2.05, 4.69) is 58.9 Å². The molecule has 1 heteroatoms. The van der Waals surface area contributed by atoms with Crippen molar-refractivity contribution in [3.63, 3.8) is 0 Å². The van der Waals surface area contributed by atoms with Gasteiger partial charge in [0.2, 0.25) is 0 Å². The molecule has 1 atom stereocenters. The van der Waals surface area contributed by atoms with Gasteiger partial charge in [-0.3, -0.25) is 0 Å². The van der Waals surface area contributed by atoms with E-state index in [1.165, 1.54) is 33.4 Å². The third-order valence-corrected chi connectivity index (χ3v) is 3.88. The van der Waals surface area contributed by atoms with Gasteiger partial charge in [0.1, 0.15) is 0 Å². The van der Waals surface area contributed by atoms with Crippen LogP contribution in [0.2, 0.25) is 0 Å². The second-order valence-electron chi connectivity index (χ2n) is 5.67. The maximum atomic E-state index is 6.16. The second-order valence-corrected chi connectivity index (χ2v) is 5.67. The van der Waals surface area contributed by atoms with Crippen molar-refractivity contribution in [3.8, 4) is 0 Å². The lowest BCUT2D eigenvalue weighted by Crippen LogP contribution is -2.05. The monoisotopic (exact) mass is 253 g/mol. The van der Waals surface area contributed by atoms with Gasteiger partial charge in [-0.15, -0.1) is 0 Å². The van der Waals surface area contributed by atoms with E-state index in [0.29, 0.717) is 5.92 Å². The standard InChI is InChI=1S/C18H23N/c1-11-6-7-17(19)16(10-11)15(5)18-13(3)8-12(2)9-14(18)4/h6-10,15H,19H2,1-5H3/t15-/m0/s1. The Hall–Kier alpha value is -1.76. The maximum absolute atomic E-state index is 6.16. The molecular formula is C18H23N. The van der Waals surface area contributed by atoms with Gasteiger partial charge in [0, 0.05) is 11.6 Å². The highest BCUT2D eigenvalue weighted by atomic mass is 14.6. The molecular weight excluding hydrogens is 230 g/mol. The van der Waals surface area contributed by atoms with Crippen LogP contribution < -0.4 is 5.73 Å². The molecule has 0 fully saturated rings. The van der Waals surface area contributed by atoms with Crippen LogP contribution in [0.3, 0.4) is 0 Å². The third kappa shape index (κ3) is 2.65. The Kier molecular flexibility index (Phi) is 3.66. The normalized spacial score (nSPS) is 12.5. The van der Waals surface area contributed by atoms with Gasteiger partial charge in [-0.1, -0.05) is 42.3 Å². The van der Waals surface area contributed by atoms with Gasteiger partial charge in [-0.25, -0.2) is 0 Å². The molecule has 0 aromatic heterocycles. The van der Waals surface area contributed by atoms with Crippen LogP contribution in [0.4, 0.5) is 5.69 Å². The summed E-state index contributed by atoms with van der Waals surface area (Å²) < 4.78 is 0. The van der Waals surface area contributed by atoms with E-state index in [1.54, 1.807) is 0 Å². The van der Waals surface area contributed by atoms with Crippen LogP contribution in [0.1, 0.15) is 46.2 Å². The lowest BCUT2D eigenvalue weighted by Gasteiger charge is -2.21. The van der Waals surface area contributed by atoms with Crippen molar-refractivity contribution < 1.29 is 0 Å². The number of nitrogen functional groups attached to an aromatic ring is 1. The first-order chi connectivity index (χ1) is 8.90. The molecule has 0 amide bonds. The summed E-state index contributed by atoms with van der Waals surface area (Å²) in [6, 6.07) is 10.8. The van der Waals surface area contributed by atoms with Gasteiger partial charge >= 0.3 is 0 Å². The van der Waals surface area contributed by atoms with Crippen LogP contribution >= 0.6 is 0 Å². The quantitative estimate of drug-likeness (QED) is 0.774. The number of rotatable bonds is 2.